The third kappa shape index (κ3) is 7.90. The minimum atomic E-state index is -1.05. The molecule has 0 bridgehead atoms. The highest BCUT2D eigenvalue weighted by Gasteiger charge is 2.45. The zero-order valence-corrected chi connectivity index (χ0v) is 30.2. The van der Waals surface area contributed by atoms with Gasteiger partial charge < -0.3 is 16.2 Å². The number of rotatable bonds is 11. The van der Waals surface area contributed by atoms with E-state index in [1.165, 1.54) is 56.3 Å². The van der Waals surface area contributed by atoms with Gasteiger partial charge in [-0.25, -0.2) is 19.1 Å². The highest BCUT2D eigenvalue weighted by atomic mass is 16.4. The van der Waals surface area contributed by atoms with Crippen LogP contribution in [-0.4, -0.2) is 87.9 Å². The molecular weight excluding hydrogens is 683 g/mol. The molecule has 5 atom stereocenters. The Hall–Kier alpha value is -5.47. The quantitative estimate of drug-likeness (QED) is 0.181. The molecule has 10 rings (SSSR count). The molecule has 5 unspecified atom stereocenters. The van der Waals surface area contributed by atoms with Crippen LogP contribution in [0.3, 0.4) is 0 Å². The molecule has 278 valence electrons. The molecule has 3 aliphatic carbocycles. The first-order valence-corrected chi connectivity index (χ1v) is 19.0. The number of piperidine rings is 2. The van der Waals surface area contributed by atoms with E-state index in [2.05, 4.69) is 89.3 Å². The largest absolute Gasteiger partial charge is 0.476 e. The number of likely N-dealkylation sites (tertiary alicyclic amines) is 2. The number of aromatic carboxylic acids is 1. The van der Waals surface area contributed by atoms with E-state index in [0.717, 1.165) is 72.0 Å². The van der Waals surface area contributed by atoms with Gasteiger partial charge in [-0.15, -0.1) is 10.2 Å². The van der Waals surface area contributed by atoms with Gasteiger partial charge in [0, 0.05) is 45.0 Å². The Morgan fingerprint density at radius 2 is 1.17 bits per heavy atom. The zero-order chi connectivity index (χ0) is 36.8. The van der Waals surface area contributed by atoms with Gasteiger partial charge in [-0.2, -0.15) is 0 Å². The maximum Gasteiger partial charge on any atom is 0.358 e. The van der Waals surface area contributed by atoms with Gasteiger partial charge in [0.25, 0.3) is 5.91 Å². The fourth-order valence-electron chi connectivity index (χ4n) is 8.46. The summed E-state index contributed by atoms with van der Waals surface area (Å²) in [6, 6.07) is 20.8. The number of amides is 1. The summed E-state index contributed by atoms with van der Waals surface area (Å²) in [5.74, 6) is 3.11. The number of fused-ring (bicyclic) bond motifs is 3. The number of nitrogens with zero attached hydrogens (tertiary/aromatic N) is 9. The van der Waals surface area contributed by atoms with Crippen molar-refractivity contribution in [3.05, 3.63) is 118 Å². The average Bonchev–Trinajstić information content (AvgIpc) is 3.61. The van der Waals surface area contributed by atoms with Crippen LogP contribution in [0.4, 0.5) is 5.82 Å². The first-order valence-electron chi connectivity index (χ1n) is 19.0. The van der Waals surface area contributed by atoms with Crippen LogP contribution in [0.2, 0.25) is 0 Å². The van der Waals surface area contributed by atoms with E-state index in [-0.39, 0.29) is 17.6 Å². The number of aryl methyl sites for hydroxylation is 1. The van der Waals surface area contributed by atoms with Gasteiger partial charge in [0.1, 0.15) is 5.82 Å². The van der Waals surface area contributed by atoms with Gasteiger partial charge in [-0.1, -0.05) is 65.0 Å². The van der Waals surface area contributed by atoms with E-state index >= 15 is 0 Å². The number of pyridine rings is 1. The van der Waals surface area contributed by atoms with Crippen LogP contribution >= 0.6 is 0 Å². The standard InChI is InChI=1S/C24H27N7O.C16H18N4O2/c25-23-8-5-19-20(26-23)6-7-21(19)27-24(32)22-14-31(29-28-22)11-16-3-1-15(2-4-16)10-30-12-17-9-18(17)13-30;21-16(22)15-10-20(18-17-15)7-12-3-1-11(2-4-12)6-19-8-13-5-14(13)9-19/h1-5,8,14,17-18,21H,6-7,9-13H2,(H2,25,26)(H,27,32);1-4,10,13-14H,5-9H2,(H,21,22). The molecule has 0 radical (unpaired) electrons. The summed E-state index contributed by atoms with van der Waals surface area (Å²) in [5, 5.41) is 27.6. The Labute approximate surface area is 313 Å². The molecule has 54 heavy (non-hydrogen) atoms. The van der Waals surface area contributed by atoms with Crippen molar-refractivity contribution >= 4 is 17.7 Å². The van der Waals surface area contributed by atoms with Crippen molar-refractivity contribution in [3.63, 3.8) is 0 Å². The molecule has 4 fully saturated rings. The summed E-state index contributed by atoms with van der Waals surface area (Å²) in [7, 11) is 0. The predicted molar refractivity (Wildman–Crippen MR) is 199 cm³/mol. The van der Waals surface area contributed by atoms with Crippen LogP contribution in [0.25, 0.3) is 0 Å². The van der Waals surface area contributed by atoms with E-state index in [0.29, 0.717) is 24.6 Å². The van der Waals surface area contributed by atoms with Crippen molar-refractivity contribution in [3.8, 4) is 0 Å². The van der Waals surface area contributed by atoms with Gasteiger partial charge in [0.2, 0.25) is 0 Å². The lowest BCUT2D eigenvalue weighted by Gasteiger charge is -2.17. The smallest absolute Gasteiger partial charge is 0.358 e. The third-order valence-corrected chi connectivity index (χ3v) is 11.6. The summed E-state index contributed by atoms with van der Waals surface area (Å²) >= 11 is 0. The Morgan fingerprint density at radius 1 is 0.685 bits per heavy atom. The first kappa shape index (κ1) is 34.3. The highest BCUT2D eigenvalue weighted by Crippen LogP contribution is 2.46. The predicted octanol–water partition coefficient (Wildman–Crippen LogP) is 3.65. The number of hydrogen-bond acceptors (Lipinski definition) is 10. The summed E-state index contributed by atoms with van der Waals surface area (Å²) < 4.78 is 3.26. The van der Waals surface area contributed by atoms with Crippen molar-refractivity contribution in [1.82, 2.24) is 50.1 Å². The average molecular weight is 728 g/mol. The number of carbonyl (C=O) groups excluding carboxylic acids is 1. The van der Waals surface area contributed by atoms with Crippen LogP contribution in [0.15, 0.2) is 73.1 Å². The number of benzene rings is 2. The van der Waals surface area contributed by atoms with Gasteiger partial charge >= 0.3 is 5.97 Å². The number of nitrogens with two attached hydrogens (primary N) is 1. The van der Waals surface area contributed by atoms with Gasteiger partial charge in [0.05, 0.1) is 31.5 Å². The topological polar surface area (TPSA) is 173 Å². The van der Waals surface area contributed by atoms with Crippen LogP contribution in [0.5, 0.6) is 0 Å². The molecule has 5 aromatic rings. The number of carbonyl (C=O) groups is 2. The Balaban J connectivity index is 0.000000153. The van der Waals surface area contributed by atoms with Gasteiger partial charge in [-0.3, -0.25) is 14.6 Å². The van der Waals surface area contributed by atoms with E-state index in [4.69, 9.17) is 10.8 Å². The van der Waals surface area contributed by atoms with Crippen LogP contribution in [-0.2, 0) is 32.6 Å². The Morgan fingerprint density at radius 3 is 1.67 bits per heavy atom. The number of carboxylic acid groups (broad SMARTS) is 1. The SMILES string of the molecule is Nc1ccc2c(n1)CCC2NC(=O)c1cn(Cc2ccc(CN3CC4CC4C3)cc2)nn1.O=C(O)c1cn(Cc2ccc(CN3CC4CC4C3)cc2)nn1. The fourth-order valence-corrected chi connectivity index (χ4v) is 8.46. The number of hydrogen-bond donors (Lipinski definition) is 3. The van der Waals surface area contributed by atoms with Crippen molar-refractivity contribution in [2.24, 2.45) is 23.7 Å². The summed E-state index contributed by atoms with van der Waals surface area (Å²) in [5.41, 5.74) is 13.0. The van der Waals surface area contributed by atoms with Gasteiger partial charge in [0.15, 0.2) is 11.4 Å². The molecule has 5 heterocycles. The summed E-state index contributed by atoms with van der Waals surface area (Å²) in [6.07, 6.45) is 7.66. The number of carboxylic acids is 1. The van der Waals surface area contributed by atoms with E-state index in [1.54, 1.807) is 21.6 Å². The van der Waals surface area contributed by atoms with Crippen molar-refractivity contribution in [1.29, 1.82) is 0 Å². The molecule has 14 nitrogen and oxygen atoms in total. The fraction of sp³-hybridized carbons (Fsp3) is 0.425. The monoisotopic (exact) mass is 727 g/mol. The van der Waals surface area contributed by atoms with Crippen LogP contribution in [0, 0.1) is 23.7 Å². The van der Waals surface area contributed by atoms with Crippen LogP contribution < -0.4 is 11.1 Å². The Kier molecular flexibility index (Phi) is 9.15. The number of aromatic nitrogens is 7. The van der Waals surface area contributed by atoms with Crippen molar-refractivity contribution < 1.29 is 14.7 Å². The second kappa shape index (κ2) is 14.4. The lowest BCUT2D eigenvalue weighted by atomic mass is 10.1. The number of nitrogens with one attached hydrogen (secondary N) is 1. The zero-order valence-electron chi connectivity index (χ0n) is 30.2. The molecule has 0 spiro atoms. The molecule has 3 aromatic heterocycles. The molecule has 2 saturated carbocycles. The third-order valence-electron chi connectivity index (χ3n) is 11.6. The van der Waals surface area contributed by atoms with E-state index in [9.17, 15) is 9.59 Å². The molecule has 5 aliphatic rings. The Bertz CT molecular complexity index is 2130. The molecule has 14 heteroatoms. The molecule has 2 aromatic carbocycles. The molecule has 1 amide bonds. The van der Waals surface area contributed by atoms with Crippen LogP contribution in [0.1, 0.15) is 79.8 Å². The highest BCUT2D eigenvalue weighted by molar-refractivity contribution is 5.92. The lowest BCUT2D eigenvalue weighted by molar-refractivity contribution is 0.0690. The van der Waals surface area contributed by atoms with Crippen molar-refractivity contribution in [2.75, 3.05) is 31.9 Å². The van der Waals surface area contributed by atoms with Gasteiger partial charge in [-0.05, 0) is 83.2 Å². The second-order valence-corrected chi connectivity index (χ2v) is 15.8. The lowest BCUT2D eigenvalue weighted by Crippen LogP contribution is -2.27. The molecule has 2 saturated heterocycles. The maximum absolute atomic E-state index is 12.7. The normalized spacial score (nSPS) is 23.6. The molecule has 4 N–H and O–H groups in total. The number of anilines is 1. The molecular formula is C40H45N11O3. The first-order chi connectivity index (χ1) is 26.3. The maximum atomic E-state index is 12.7. The minimum absolute atomic E-state index is 0.0239. The van der Waals surface area contributed by atoms with E-state index in [1.807, 2.05) is 6.07 Å². The molecule has 2 aliphatic heterocycles. The number of nitrogen functional groups attached to an aromatic ring is 1. The summed E-state index contributed by atoms with van der Waals surface area (Å²) in [6.45, 7) is 8.21. The van der Waals surface area contributed by atoms with E-state index < -0.39 is 5.97 Å². The summed E-state index contributed by atoms with van der Waals surface area (Å²) in [4.78, 5) is 32.9. The second-order valence-electron chi connectivity index (χ2n) is 15.8. The minimum Gasteiger partial charge on any atom is -0.476 e. The van der Waals surface area contributed by atoms with Crippen molar-refractivity contribution in [2.45, 2.75) is 57.9 Å².